The lowest BCUT2D eigenvalue weighted by Crippen LogP contribution is -2.10. The Kier molecular flexibility index (Phi) is 4.94. The Morgan fingerprint density at radius 2 is 1.76 bits per heavy atom. The topological polar surface area (TPSA) is 52.6 Å². The molecule has 0 aliphatic heterocycles. The fourth-order valence-electron chi connectivity index (χ4n) is 1.29. The number of methoxy groups -OCH3 is 2. The molecule has 0 saturated carbocycles. The highest BCUT2D eigenvalue weighted by molar-refractivity contribution is 5.98. The molecule has 1 rings (SSSR count). The lowest BCUT2D eigenvalue weighted by Gasteiger charge is -2.04. The number of hydrogen-bond acceptors (Lipinski definition) is 4. The van der Waals surface area contributed by atoms with Crippen LogP contribution < -0.4 is 0 Å². The van der Waals surface area contributed by atoms with Gasteiger partial charge in [-0.05, 0) is 11.6 Å². The minimum atomic E-state index is -0.528. The molecule has 0 fully saturated rings. The van der Waals surface area contributed by atoms with Crippen LogP contribution in [-0.4, -0.2) is 26.2 Å². The molecule has 90 valence electrons. The van der Waals surface area contributed by atoms with Crippen LogP contribution in [0.4, 0.5) is 0 Å². The van der Waals surface area contributed by atoms with Crippen molar-refractivity contribution >= 4 is 18.0 Å². The molecule has 0 aliphatic carbocycles. The van der Waals surface area contributed by atoms with Gasteiger partial charge in [0.2, 0.25) is 0 Å². The molecule has 0 saturated heterocycles. The Balaban J connectivity index is 2.94. The molecule has 17 heavy (non-hydrogen) atoms. The second-order valence-corrected chi connectivity index (χ2v) is 3.32. The van der Waals surface area contributed by atoms with Gasteiger partial charge in [0.25, 0.3) is 0 Å². The Hall–Kier alpha value is -2.10. The van der Waals surface area contributed by atoms with Gasteiger partial charge in [-0.3, -0.25) is 4.79 Å². The molecule has 0 unspecified atom stereocenters. The van der Waals surface area contributed by atoms with Crippen LogP contribution >= 0.6 is 0 Å². The zero-order valence-electron chi connectivity index (χ0n) is 9.80. The first-order valence-corrected chi connectivity index (χ1v) is 5.08. The lowest BCUT2D eigenvalue weighted by atomic mass is 10.1. The smallest absolute Gasteiger partial charge is 0.334 e. The van der Waals surface area contributed by atoms with E-state index in [1.165, 1.54) is 14.2 Å². The molecule has 0 aliphatic rings. The largest absolute Gasteiger partial charge is 0.469 e. The van der Waals surface area contributed by atoms with Crippen LogP contribution in [0.5, 0.6) is 0 Å². The fraction of sp³-hybridized carbons (Fsp3) is 0.231. The molecular formula is C13H14O4. The molecule has 1 aromatic rings. The summed E-state index contributed by atoms with van der Waals surface area (Å²) in [7, 11) is 2.55. The van der Waals surface area contributed by atoms with E-state index in [-0.39, 0.29) is 12.0 Å². The summed E-state index contributed by atoms with van der Waals surface area (Å²) in [4.78, 5) is 22.6. The molecule has 0 atom stereocenters. The monoisotopic (exact) mass is 234 g/mol. The molecule has 1 aromatic carbocycles. The van der Waals surface area contributed by atoms with Gasteiger partial charge in [-0.2, -0.15) is 0 Å². The first-order chi connectivity index (χ1) is 8.17. The van der Waals surface area contributed by atoms with Crippen molar-refractivity contribution in [2.24, 2.45) is 0 Å². The van der Waals surface area contributed by atoms with E-state index < -0.39 is 11.9 Å². The summed E-state index contributed by atoms with van der Waals surface area (Å²) in [5.41, 5.74) is 1.10. The summed E-state index contributed by atoms with van der Waals surface area (Å²) in [6.45, 7) is 0. The number of benzene rings is 1. The molecule has 0 aromatic heterocycles. The number of rotatable bonds is 4. The van der Waals surface area contributed by atoms with E-state index in [2.05, 4.69) is 9.47 Å². The van der Waals surface area contributed by atoms with Crippen molar-refractivity contribution in [2.45, 2.75) is 6.42 Å². The number of hydrogen-bond donors (Lipinski definition) is 0. The second-order valence-electron chi connectivity index (χ2n) is 3.32. The fourth-order valence-corrected chi connectivity index (χ4v) is 1.29. The van der Waals surface area contributed by atoms with E-state index in [4.69, 9.17) is 0 Å². The molecule has 0 N–H and O–H groups in total. The van der Waals surface area contributed by atoms with E-state index in [0.717, 1.165) is 5.56 Å². The maximum atomic E-state index is 11.5. The molecule has 0 amide bonds. The maximum absolute atomic E-state index is 11.5. The van der Waals surface area contributed by atoms with Gasteiger partial charge in [0.05, 0.1) is 20.6 Å². The Labute approximate surface area is 99.8 Å². The number of carbonyl (C=O) groups is 2. The molecule has 0 spiro atoms. The van der Waals surface area contributed by atoms with Gasteiger partial charge in [0.1, 0.15) is 0 Å². The quantitative estimate of drug-likeness (QED) is 0.589. The second kappa shape index (κ2) is 6.48. The van der Waals surface area contributed by atoms with Crippen molar-refractivity contribution in [3.8, 4) is 0 Å². The highest BCUT2D eigenvalue weighted by atomic mass is 16.5. The van der Waals surface area contributed by atoms with Gasteiger partial charge >= 0.3 is 11.9 Å². The highest BCUT2D eigenvalue weighted by Gasteiger charge is 2.14. The molecular weight excluding hydrogens is 220 g/mol. The molecule has 0 heterocycles. The Morgan fingerprint density at radius 3 is 2.29 bits per heavy atom. The number of carbonyl (C=O) groups excluding carboxylic acids is 2. The van der Waals surface area contributed by atoms with Gasteiger partial charge in [0.15, 0.2) is 0 Å². The molecule has 4 heteroatoms. The summed E-state index contributed by atoms with van der Waals surface area (Å²) in [5.74, 6) is -1.00. The highest BCUT2D eigenvalue weighted by Crippen LogP contribution is 2.12. The van der Waals surface area contributed by atoms with Gasteiger partial charge in [0, 0.05) is 5.57 Å². The van der Waals surface area contributed by atoms with E-state index >= 15 is 0 Å². The third-order valence-electron chi connectivity index (χ3n) is 2.15. The SMILES string of the molecule is COC(=O)C/C(=C\c1ccccc1)C(=O)OC. The van der Waals surface area contributed by atoms with Crippen LogP contribution in [0, 0.1) is 0 Å². The third kappa shape index (κ3) is 4.10. The van der Waals surface area contributed by atoms with E-state index in [1.54, 1.807) is 6.08 Å². The third-order valence-corrected chi connectivity index (χ3v) is 2.15. The van der Waals surface area contributed by atoms with Gasteiger partial charge in [-0.1, -0.05) is 30.3 Å². The standard InChI is InChI=1S/C13H14O4/c1-16-12(14)9-11(13(15)17-2)8-10-6-4-3-5-7-10/h3-8H,9H2,1-2H3/b11-8+. The van der Waals surface area contributed by atoms with Crippen molar-refractivity contribution < 1.29 is 19.1 Å². The minimum absolute atomic E-state index is 0.0991. The van der Waals surface area contributed by atoms with E-state index in [9.17, 15) is 9.59 Å². The summed E-state index contributed by atoms with van der Waals surface area (Å²) in [6, 6.07) is 9.23. The van der Waals surface area contributed by atoms with E-state index in [0.29, 0.717) is 0 Å². The Morgan fingerprint density at radius 1 is 1.12 bits per heavy atom. The van der Waals surface area contributed by atoms with Crippen LogP contribution in [0.2, 0.25) is 0 Å². The van der Waals surface area contributed by atoms with Gasteiger partial charge in [-0.25, -0.2) is 4.79 Å². The summed E-state index contributed by atoms with van der Waals surface area (Å²) < 4.78 is 9.14. The average molecular weight is 234 g/mol. The van der Waals surface area contributed by atoms with Crippen LogP contribution in [0.15, 0.2) is 35.9 Å². The van der Waals surface area contributed by atoms with Crippen LogP contribution in [0.3, 0.4) is 0 Å². The van der Waals surface area contributed by atoms with Crippen molar-refractivity contribution in [3.05, 3.63) is 41.5 Å². The van der Waals surface area contributed by atoms with Crippen molar-refractivity contribution in [2.75, 3.05) is 14.2 Å². The first-order valence-electron chi connectivity index (χ1n) is 5.08. The van der Waals surface area contributed by atoms with Crippen molar-refractivity contribution in [3.63, 3.8) is 0 Å². The predicted octanol–water partition coefficient (Wildman–Crippen LogP) is 1.81. The predicted molar refractivity (Wildman–Crippen MR) is 63.1 cm³/mol. The number of ether oxygens (including phenoxy) is 2. The van der Waals surface area contributed by atoms with Gasteiger partial charge in [-0.15, -0.1) is 0 Å². The maximum Gasteiger partial charge on any atom is 0.334 e. The average Bonchev–Trinajstić information content (AvgIpc) is 2.38. The summed E-state index contributed by atoms with van der Waals surface area (Å²) in [6.07, 6.45) is 1.51. The van der Waals surface area contributed by atoms with Crippen molar-refractivity contribution in [1.82, 2.24) is 0 Å². The molecule has 4 nitrogen and oxygen atoms in total. The van der Waals surface area contributed by atoms with Crippen molar-refractivity contribution in [1.29, 1.82) is 0 Å². The summed E-state index contributed by atoms with van der Waals surface area (Å²) in [5, 5.41) is 0. The van der Waals surface area contributed by atoms with Crippen LogP contribution in [0.1, 0.15) is 12.0 Å². The van der Waals surface area contributed by atoms with Crippen LogP contribution in [-0.2, 0) is 19.1 Å². The Bertz CT molecular complexity index is 420. The van der Waals surface area contributed by atoms with Crippen LogP contribution in [0.25, 0.3) is 6.08 Å². The zero-order chi connectivity index (χ0) is 12.7. The normalized spacial score (nSPS) is 10.8. The lowest BCUT2D eigenvalue weighted by molar-refractivity contribution is -0.143. The molecule has 0 bridgehead atoms. The number of esters is 2. The van der Waals surface area contributed by atoms with Gasteiger partial charge < -0.3 is 9.47 Å². The minimum Gasteiger partial charge on any atom is -0.469 e. The molecule has 0 radical (unpaired) electrons. The summed E-state index contributed by atoms with van der Waals surface area (Å²) >= 11 is 0. The van der Waals surface area contributed by atoms with E-state index in [1.807, 2.05) is 30.3 Å². The zero-order valence-corrected chi connectivity index (χ0v) is 9.80. The first kappa shape index (κ1) is 13.0.